The lowest BCUT2D eigenvalue weighted by Crippen LogP contribution is -2.30. The fourth-order valence-corrected chi connectivity index (χ4v) is 2.93. The lowest BCUT2D eigenvalue weighted by atomic mass is 9.99. The minimum absolute atomic E-state index is 0.00128. The molecule has 0 radical (unpaired) electrons. The van der Waals surface area contributed by atoms with E-state index in [0.717, 1.165) is 44.3 Å². The lowest BCUT2D eigenvalue weighted by Gasteiger charge is -2.23. The van der Waals surface area contributed by atoms with Crippen LogP contribution in [0.1, 0.15) is 61.4 Å². The molecule has 4 nitrogen and oxygen atoms in total. The maximum atomic E-state index is 14.1. The monoisotopic (exact) mass is 337 g/mol. The van der Waals surface area contributed by atoms with E-state index in [0.29, 0.717) is 24.2 Å². The number of piperidine rings is 1. The van der Waals surface area contributed by atoms with Gasteiger partial charge in [-0.2, -0.15) is 0 Å². The van der Waals surface area contributed by atoms with Crippen molar-refractivity contribution in [2.45, 2.75) is 45.4 Å². The van der Waals surface area contributed by atoms with Gasteiger partial charge in [-0.05, 0) is 62.2 Å². The highest BCUT2D eigenvalue weighted by molar-refractivity contribution is 5.90. The zero-order valence-electron chi connectivity index (χ0n) is 14.9. The van der Waals surface area contributed by atoms with Crippen LogP contribution in [-0.2, 0) is 4.74 Å². The van der Waals surface area contributed by atoms with E-state index in [1.165, 1.54) is 13.2 Å². The SMILES string of the molecule is CC.COC(=O)c1cc(C2CC2)c(OCC2CCNCC2)cc1F. The van der Waals surface area contributed by atoms with Crippen LogP contribution in [0.4, 0.5) is 4.39 Å². The second kappa shape index (κ2) is 9.02. The van der Waals surface area contributed by atoms with Crippen molar-refractivity contribution in [2.24, 2.45) is 5.92 Å². The number of ether oxygens (including phenoxy) is 2. The van der Waals surface area contributed by atoms with Crippen molar-refractivity contribution in [1.82, 2.24) is 5.32 Å². The molecule has 1 saturated carbocycles. The van der Waals surface area contributed by atoms with Gasteiger partial charge in [0, 0.05) is 6.07 Å². The first-order chi connectivity index (χ1) is 11.7. The van der Waals surface area contributed by atoms with E-state index >= 15 is 0 Å². The quantitative estimate of drug-likeness (QED) is 0.828. The standard InChI is InChI=1S/C17H22FNO3.C2H6/c1-21-17(20)14-8-13(12-2-3-12)16(9-15(14)18)22-10-11-4-6-19-7-5-11;1-2/h8-9,11-12,19H,2-7,10H2,1H3;1-2H3. The van der Waals surface area contributed by atoms with Gasteiger partial charge >= 0.3 is 5.97 Å². The third-order valence-corrected chi connectivity index (χ3v) is 4.46. The largest absolute Gasteiger partial charge is 0.493 e. The zero-order chi connectivity index (χ0) is 17.5. The Morgan fingerprint density at radius 1 is 1.21 bits per heavy atom. The summed E-state index contributed by atoms with van der Waals surface area (Å²) in [6, 6.07) is 2.96. The molecule has 24 heavy (non-hydrogen) atoms. The molecular weight excluding hydrogens is 309 g/mol. The summed E-state index contributed by atoms with van der Waals surface area (Å²) in [5.74, 6) is 0.274. The van der Waals surface area contributed by atoms with Crippen molar-refractivity contribution >= 4 is 5.97 Å². The third-order valence-electron chi connectivity index (χ3n) is 4.46. The zero-order valence-corrected chi connectivity index (χ0v) is 14.9. The average Bonchev–Trinajstić information content (AvgIpc) is 3.47. The van der Waals surface area contributed by atoms with E-state index in [-0.39, 0.29) is 5.56 Å². The van der Waals surface area contributed by atoms with E-state index in [2.05, 4.69) is 10.1 Å². The number of halogens is 1. The van der Waals surface area contributed by atoms with Gasteiger partial charge in [-0.3, -0.25) is 0 Å². The average molecular weight is 337 g/mol. The van der Waals surface area contributed by atoms with E-state index in [4.69, 9.17) is 4.74 Å². The molecule has 1 aliphatic carbocycles. The van der Waals surface area contributed by atoms with Crippen molar-refractivity contribution < 1.29 is 18.7 Å². The highest BCUT2D eigenvalue weighted by atomic mass is 19.1. The summed E-state index contributed by atoms with van der Waals surface area (Å²) in [5.41, 5.74) is 0.939. The predicted octanol–water partition coefficient (Wildman–Crippen LogP) is 3.89. The molecule has 1 aromatic rings. The number of nitrogens with one attached hydrogen (secondary N) is 1. The number of hydrogen-bond donors (Lipinski definition) is 1. The lowest BCUT2D eigenvalue weighted by molar-refractivity contribution is 0.0595. The summed E-state index contributed by atoms with van der Waals surface area (Å²) in [4.78, 5) is 11.6. The highest BCUT2D eigenvalue weighted by Gasteiger charge is 2.30. The van der Waals surface area contributed by atoms with Gasteiger partial charge in [0.2, 0.25) is 0 Å². The van der Waals surface area contributed by atoms with E-state index in [1.807, 2.05) is 13.8 Å². The van der Waals surface area contributed by atoms with E-state index in [9.17, 15) is 9.18 Å². The Kier molecular flexibility index (Phi) is 7.03. The summed E-state index contributed by atoms with van der Waals surface area (Å²) in [5, 5.41) is 3.32. The maximum absolute atomic E-state index is 14.1. The van der Waals surface area contributed by atoms with Crippen LogP contribution in [0.2, 0.25) is 0 Å². The first-order valence-electron chi connectivity index (χ1n) is 8.94. The van der Waals surface area contributed by atoms with Gasteiger partial charge in [0.05, 0.1) is 19.3 Å². The maximum Gasteiger partial charge on any atom is 0.340 e. The van der Waals surface area contributed by atoms with Gasteiger partial charge in [0.1, 0.15) is 11.6 Å². The number of carbonyl (C=O) groups excluding carboxylic acids is 1. The Balaban J connectivity index is 0.00000100. The molecule has 1 aromatic carbocycles. The van der Waals surface area contributed by atoms with Gasteiger partial charge in [-0.25, -0.2) is 9.18 Å². The minimum atomic E-state index is -0.635. The second-order valence-corrected chi connectivity index (χ2v) is 6.14. The fourth-order valence-electron chi connectivity index (χ4n) is 2.93. The smallest absolute Gasteiger partial charge is 0.340 e. The molecule has 0 amide bonds. The number of esters is 1. The summed E-state index contributed by atoms with van der Waals surface area (Å²) >= 11 is 0. The number of hydrogen-bond acceptors (Lipinski definition) is 4. The highest BCUT2D eigenvalue weighted by Crippen LogP contribution is 2.45. The van der Waals surface area contributed by atoms with Crippen molar-refractivity contribution in [2.75, 3.05) is 26.8 Å². The molecule has 1 N–H and O–H groups in total. The van der Waals surface area contributed by atoms with Crippen molar-refractivity contribution in [1.29, 1.82) is 0 Å². The van der Waals surface area contributed by atoms with Gasteiger partial charge in [-0.15, -0.1) is 0 Å². The summed E-state index contributed by atoms with van der Waals surface area (Å²) in [6.07, 6.45) is 4.30. The molecule has 2 aliphatic rings. The van der Waals surface area contributed by atoms with Gasteiger partial charge in [0.15, 0.2) is 0 Å². The summed E-state index contributed by atoms with van der Waals surface area (Å²) in [7, 11) is 1.26. The Morgan fingerprint density at radius 3 is 2.46 bits per heavy atom. The number of benzene rings is 1. The molecule has 5 heteroatoms. The normalized spacial score (nSPS) is 17.7. The van der Waals surface area contributed by atoms with Crippen LogP contribution >= 0.6 is 0 Å². The molecule has 134 valence electrons. The summed E-state index contributed by atoms with van der Waals surface area (Å²) in [6.45, 7) is 6.64. The Bertz CT molecular complexity index is 552. The van der Waals surface area contributed by atoms with Crippen LogP contribution in [0.15, 0.2) is 12.1 Å². The van der Waals surface area contributed by atoms with Gasteiger partial charge < -0.3 is 14.8 Å². The molecule has 2 fully saturated rings. The number of methoxy groups -OCH3 is 1. The van der Waals surface area contributed by atoms with Crippen molar-refractivity contribution in [3.05, 3.63) is 29.1 Å². The van der Waals surface area contributed by atoms with Crippen LogP contribution in [0.25, 0.3) is 0 Å². The van der Waals surface area contributed by atoms with E-state index in [1.54, 1.807) is 6.07 Å². The van der Waals surface area contributed by atoms with Crippen LogP contribution < -0.4 is 10.1 Å². The molecule has 0 aromatic heterocycles. The Morgan fingerprint density at radius 2 is 1.88 bits per heavy atom. The van der Waals surface area contributed by atoms with Crippen LogP contribution in [0, 0.1) is 11.7 Å². The van der Waals surface area contributed by atoms with E-state index < -0.39 is 11.8 Å². The van der Waals surface area contributed by atoms with Gasteiger partial charge in [-0.1, -0.05) is 13.8 Å². The predicted molar refractivity (Wildman–Crippen MR) is 92.2 cm³/mol. The topological polar surface area (TPSA) is 47.6 Å². The molecular formula is C19H28FNO3. The first kappa shape index (κ1) is 18.7. The van der Waals surface area contributed by atoms with Crippen LogP contribution in [0.5, 0.6) is 5.75 Å². The van der Waals surface area contributed by atoms with Crippen LogP contribution in [-0.4, -0.2) is 32.8 Å². The Hall–Kier alpha value is -1.62. The molecule has 0 bridgehead atoms. The van der Waals surface area contributed by atoms with Gasteiger partial charge in [0.25, 0.3) is 0 Å². The third kappa shape index (κ3) is 4.69. The molecule has 3 rings (SSSR count). The fraction of sp³-hybridized carbons (Fsp3) is 0.632. The summed E-state index contributed by atoms with van der Waals surface area (Å²) < 4.78 is 24.7. The molecule has 1 heterocycles. The second-order valence-electron chi connectivity index (χ2n) is 6.14. The minimum Gasteiger partial charge on any atom is -0.493 e. The number of rotatable bonds is 5. The van der Waals surface area contributed by atoms with Crippen molar-refractivity contribution in [3.8, 4) is 5.75 Å². The molecule has 0 unspecified atom stereocenters. The van der Waals surface area contributed by atoms with Crippen molar-refractivity contribution in [3.63, 3.8) is 0 Å². The molecule has 0 spiro atoms. The Labute approximate surface area is 143 Å². The first-order valence-corrected chi connectivity index (χ1v) is 8.94. The molecule has 1 saturated heterocycles. The van der Waals surface area contributed by atoms with Crippen LogP contribution in [0.3, 0.4) is 0 Å². The molecule has 0 atom stereocenters. The molecule has 1 aliphatic heterocycles. The number of carbonyl (C=O) groups is 1.